The smallest absolute Gasteiger partial charge is 0.246 e. The molecule has 1 fully saturated rings. The van der Waals surface area contributed by atoms with Gasteiger partial charge in [-0.25, -0.2) is 0 Å². The molecule has 2 aliphatic rings. The molecule has 2 heterocycles. The number of rotatable bonds is 3. The van der Waals surface area contributed by atoms with E-state index >= 15 is 0 Å². The summed E-state index contributed by atoms with van der Waals surface area (Å²) in [6.07, 6.45) is 4.80. The number of hydrogen-bond donors (Lipinski definition) is 1. The zero-order valence-electron chi connectivity index (χ0n) is 13.0. The van der Waals surface area contributed by atoms with Gasteiger partial charge in [0.25, 0.3) is 0 Å². The minimum atomic E-state index is -0.338. The molecule has 6 heteroatoms. The van der Waals surface area contributed by atoms with Crippen LogP contribution in [0, 0.1) is 5.92 Å². The highest BCUT2D eigenvalue weighted by Crippen LogP contribution is 2.32. The summed E-state index contributed by atoms with van der Waals surface area (Å²) in [5, 5.41) is 0. The molecule has 23 heavy (non-hydrogen) atoms. The number of nitrogens with two attached hydrogens (primary N) is 1. The average molecular weight is 316 g/mol. The zero-order chi connectivity index (χ0) is 16.4. The van der Waals surface area contributed by atoms with Crippen molar-refractivity contribution in [2.75, 3.05) is 13.3 Å². The fraction of sp³-hybridized carbons (Fsp3) is 0.412. The third-order valence-corrected chi connectivity index (χ3v) is 4.38. The van der Waals surface area contributed by atoms with Gasteiger partial charge in [0.05, 0.1) is 5.92 Å². The van der Waals surface area contributed by atoms with Crippen molar-refractivity contribution in [3.05, 3.63) is 29.8 Å². The van der Waals surface area contributed by atoms with Gasteiger partial charge < -0.3 is 20.1 Å². The number of carbonyl (C=O) groups excluding carboxylic acids is 2. The number of ether oxygens (including phenoxy) is 2. The van der Waals surface area contributed by atoms with Gasteiger partial charge in [-0.2, -0.15) is 0 Å². The fourth-order valence-electron chi connectivity index (χ4n) is 2.93. The van der Waals surface area contributed by atoms with Crippen molar-refractivity contribution >= 4 is 17.9 Å². The minimum absolute atomic E-state index is 0.110. The van der Waals surface area contributed by atoms with Crippen LogP contribution in [0.1, 0.15) is 25.3 Å². The largest absolute Gasteiger partial charge is 0.454 e. The van der Waals surface area contributed by atoms with Crippen LogP contribution in [-0.2, 0) is 9.59 Å². The molecule has 1 saturated heterocycles. The molecule has 2 atom stereocenters. The van der Waals surface area contributed by atoms with Gasteiger partial charge in [0.1, 0.15) is 0 Å². The lowest BCUT2D eigenvalue weighted by atomic mass is 9.93. The number of amides is 2. The van der Waals surface area contributed by atoms with Crippen LogP contribution in [-0.4, -0.2) is 36.1 Å². The Morgan fingerprint density at radius 2 is 2.04 bits per heavy atom. The Morgan fingerprint density at radius 3 is 2.83 bits per heavy atom. The van der Waals surface area contributed by atoms with E-state index in [9.17, 15) is 9.59 Å². The van der Waals surface area contributed by atoms with E-state index in [1.165, 1.54) is 6.08 Å². The number of nitrogens with zero attached hydrogens (tertiary/aromatic N) is 1. The van der Waals surface area contributed by atoms with Crippen molar-refractivity contribution < 1.29 is 19.1 Å². The van der Waals surface area contributed by atoms with Crippen LogP contribution in [0.3, 0.4) is 0 Å². The number of piperidine rings is 1. The van der Waals surface area contributed by atoms with Crippen molar-refractivity contribution in [3.63, 3.8) is 0 Å². The van der Waals surface area contributed by atoms with Crippen LogP contribution in [0.4, 0.5) is 0 Å². The highest BCUT2D eigenvalue weighted by Gasteiger charge is 2.30. The number of likely N-dealkylation sites (tertiary alicyclic amines) is 1. The van der Waals surface area contributed by atoms with Crippen LogP contribution in [0.2, 0.25) is 0 Å². The molecule has 0 unspecified atom stereocenters. The maximum atomic E-state index is 12.4. The van der Waals surface area contributed by atoms with Crippen molar-refractivity contribution in [2.45, 2.75) is 25.8 Å². The number of primary amides is 1. The van der Waals surface area contributed by atoms with Gasteiger partial charge in [-0.3, -0.25) is 9.59 Å². The van der Waals surface area contributed by atoms with Crippen molar-refractivity contribution in [3.8, 4) is 11.5 Å². The second-order valence-corrected chi connectivity index (χ2v) is 5.96. The first-order valence-electron chi connectivity index (χ1n) is 7.72. The second kappa shape index (κ2) is 6.32. The lowest BCUT2D eigenvalue weighted by molar-refractivity contribution is -0.133. The second-order valence-electron chi connectivity index (χ2n) is 5.96. The Kier molecular flexibility index (Phi) is 4.23. The molecule has 0 aromatic heterocycles. The summed E-state index contributed by atoms with van der Waals surface area (Å²) >= 11 is 0. The van der Waals surface area contributed by atoms with E-state index in [2.05, 4.69) is 0 Å². The zero-order valence-corrected chi connectivity index (χ0v) is 13.0. The highest BCUT2D eigenvalue weighted by molar-refractivity contribution is 5.92. The Morgan fingerprint density at radius 1 is 1.26 bits per heavy atom. The first kappa shape index (κ1) is 15.4. The number of hydrogen-bond acceptors (Lipinski definition) is 4. The summed E-state index contributed by atoms with van der Waals surface area (Å²) in [5.41, 5.74) is 6.23. The Hall–Kier alpha value is -2.50. The van der Waals surface area contributed by atoms with E-state index < -0.39 is 0 Å². The summed E-state index contributed by atoms with van der Waals surface area (Å²) in [7, 11) is 0. The summed E-state index contributed by atoms with van der Waals surface area (Å²) in [6.45, 7) is 2.60. The first-order chi connectivity index (χ1) is 11.0. The molecule has 2 aliphatic heterocycles. The van der Waals surface area contributed by atoms with Gasteiger partial charge in [0.15, 0.2) is 11.5 Å². The molecule has 0 aliphatic carbocycles. The normalized spacial score (nSPS) is 23.3. The van der Waals surface area contributed by atoms with E-state index in [0.717, 1.165) is 18.4 Å². The fourth-order valence-corrected chi connectivity index (χ4v) is 2.93. The van der Waals surface area contributed by atoms with E-state index in [1.54, 1.807) is 11.0 Å². The molecule has 2 amide bonds. The van der Waals surface area contributed by atoms with E-state index in [4.69, 9.17) is 15.2 Å². The lowest BCUT2D eigenvalue weighted by Crippen LogP contribution is -2.48. The van der Waals surface area contributed by atoms with Gasteiger partial charge in [0, 0.05) is 18.7 Å². The molecule has 0 radical (unpaired) electrons. The molecule has 1 aromatic carbocycles. The predicted octanol–water partition coefficient (Wildman–Crippen LogP) is 1.54. The minimum Gasteiger partial charge on any atom is -0.454 e. The lowest BCUT2D eigenvalue weighted by Gasteiger charge is -2.36. The Balaban J connectivity index is 1.69. The molecule has 0 spiro atoms. The Labute approximate surface area is 134 Å². The maximum absolute atomic E-state index is 12.4. The van der Waals surface area contributed by atoms with Crippen molar-refractivity contribution in [1.82, 2.24) is 4.90 Å². The predicted molar refractivity (Wildman–Crippen MR) is 84.7 cm³/mol. The monoisotopic (exact) mass is 316 g/mol. The summed E-state index contributed by atoms with van der Waals surface area (Å²) < 4.78 is 10.6. The number of fused-ring (bicyclic) bond motifs is 1. The van der Waals surface area contributed by atoms with Crippen molar-refractivity contribution in [2.24, 2.45) is 11.7 Å². The van der Waals surface area contributed by atoms with E-state index in [1.807, 2.05) is 25.1 Å². The molecule has 0 saturated carbocycles. The number of carbonyl (C=O) groups is 2. The van der Waals surface area contributed by atoms with E-state index in [0.29, 0.717) is 18.0 Å². The van der Waals surface area contributed by atoms with Crippen LogP contribution in [0.5, 0.6) is 11.5 Å². The molecule has 6 nitrogen and oxygen atoms in total. The molecule has 3 rings (SSSR count). The van der Waals surface area contributed by atoms with Crippen LogP contribution >= 0.6 is 0 Å². The van der Waals surface area contributed by atoms with E-state index in [-0.39, 0.29) is 30.6 Å². The number of benzene rings is 1. The van der Waals surface area contributed by atoms with Crippen LogP contribution in [0.15, 0.2) is 24.3 Å². The molecular weight excluding hydrogens is 296 g/mol. The SMILES string of the molecule is C[C@@H]1CC[C@H](C(N)=O)CN1C(=O)/C=C\c1ccc2c(c1)OCO2. The maximum Gasteiger partial charge on any atom is 0.246 e. The third kappa shape index (κ3) is 3.31. The van der Waals surface area contributed by atoms with Crippen molar-refractivity contribution in [1.29, 1.82) is 0 Å². The topological polar surface area (TPSA) is 81.9 Å². The Bertz CT molecular complexity index is 656. The average Bonchev–Trinajstić information content (AvgIpc) is 3.00. The molecular formula is C17H20N2O4. The molecule has 1 aromatic rings. The van der Waals surface area contributed by atoms with Crippen LogP contribution in [0.25, 0.3) is 6.08 Å². The quantitative estimate of drug-likeness (QED) is 0.858. The van der Waals surface area contributed by atoms with Gasteiger partial charge in [-0.15, -0.1) is 0 Å². The van der Waals surface area contributed by atoms with Gasteiger partial charge in [-0.05, 0) is 43.5 Å². The molecule has 0 bridgehead atoms. The van der Waals surface area contributed by atoms with Gasteiger partial charge >= 0.3 is 0 Å². The van der Waals surface area contributed by atoms with Gasteiger partial charge in [0.2, 0.25) is 18.6 Å². The standard InChI is InChI=1S/C17H20N2O4/c1-11-2-5-13(17(18)21)9-19(11)16(20)7-4-12-3-6-14-15(8-12)23-10-22-14/h3-4,6-8,11,13H,2,5,9-10H2,1H3,(H2,18,21)/b7-4-/t11-,13+/m1/s1. The highest BCUT2D eigenvalue weighted by atomic mass is 16.7. The first-order valence-corrected chi connectivity index (χ1v) is 7.72. The summed E-state index contributed by atoms with van der Waals surface area (Å²) in [4.78, 5) is 25.5. The molecule has 2 N–H and O–H groups in total. The molecule has 122 valence electrons. The third-order valence-electron chi connectivity index (χ3n) is 4.38. The van der Waals surface area contributed by atoms with Crippen LogP contribution < -0.4 is 15.2 Å². The van der Waals surface area contributed by atoms with Gasteiger partial charge in [-0.1, -0.05) is 6.07 Å². The summed E-state index contributed by atoms with van der Waals surface area (Å²) in [6, 6.07) is 5.62. The summed E-state index contributed by atoms with van der Waals surface area (Å²) in [5.74, 6) is 0.687.